The Kier molecular flexibility index (Phi) is 4.50. The molecule has 3 nitrogen and oxygen atoms in total. The van der Waals surface area contributed by atoms with E-state index >= 15 is 0 Å². The molecule has 0 saturated carbocycles. The van der Waals surface area contributed by atoms with Gasteiger partial charge in [0.2, 0.25) is 0 Å². The first-order chi connectivity index (χ1) is 9.13. The van der Waals surface area contributed by atoms with Crippen molar-refractivity contribution in [2.75, 3.05) is 27.4 Å². The molecule has 1 aliphatic rings. The molecule has 0 bridgehead atoms. The molecule has 1 aromatic rings. The van der Waals surface area contributed by atoms with Crippen molar-refractivity contribution in [2.24, 2.45) is 0 Å². The number of hydrogen-bond acceptors (Lipinski definition) is 3. The van der Waals surface area contributed by atoms with E-state index in [1.165, 1.54) is 6.07 Å². The van der Waals surface area contributed by atoms with Crippen LogP contribution in [-0.4, -0.2) is 33.0 Å². The van der Waals surface area contributed by atoms with Crippen LogP contribution in [0.15, 0.2) is 18.2 Å². The number of rotatable bonds is 4. The molecule has 0 aromatic heterocycles. The fourth-order valence-electron chi connectivity index (χ4n) is 2.75. The summed E-state index contributed by atoms with van der Waals surface area (Å²) in [4.78, 5) is 0. The van der Waals surface area contributed by atoms with Crippen molar-refractivity contribution in [1.29, 1.82) is 0 Å². The first-order valence-corrected chi connectivity index (χ1v) is 6.38. The third kappa shape index (κ3) is 2.78. The van der Waals surface area contributed by atoms with Crippen LogP contribution in [0, 0.1) is 11.6 Å². The Labute approximate surface area is 111 Å². The van der Waals surface area contributed by atoms with Crippen LogP contribution in [-0.2, 0) is 9.47 Å². The summed E-state index contributed by atoms with van der Waals surface area (Å²) in [6, 6.07) is 3.77. The fourth-order valence-corrected chi connectivity index (χ4v) is 2.75. The molecule has 1 atom stereocenters. The summed E-state index contributed by atoms with van der Waals surface area (Å²) in [6.45, 7) is 1.21. The smallest absolute Gasteiger partial charge is 0.159 e. The van der Waals surface area contributed by atoms with Crippen LogP contribution in [0.1, 0.15) is 24.4 Å². The maximum absolute atomic E-state index is 13.4. The molecule has 0 amide bonds. The molecule has 1 unspecified atom stereocenters. The average molecular weight is 271 g/mol. The van der Waals surface area contributed by atoms with Gasteiger partial charge in [-0.3, -0.25) is 0 Å². The zero-order chi connectivity index (χ0) is 13.9. The van der Waals surface area contributed by atoms with Gasteiger partial charge in [-0.1, -0.05) is 6.07 Å². The molecule has 0 radical (unpaired) electrons. The maximum atomic E-state index is 13.4. The lowest BCUT2D eigenvalue weighted by Crippen LogP contribution is -2.48. The Morgan fingerprint density at radius 3 is 2.47 bits per heavy atom. The molecule has 1 saturated heterocycles. The number of likely N-dealkylation sites (N-methyl/N-ethyl adjacent to an activating group) is 1. The molecule has 1 aromatic carbocycles. The predicted molar refractivity (Wildman–Crippen MR) is 68.0 cm³/mol. The number of benzene rings is 1. The Morgan fingerprint density at radius 1 is 1.26 bits per heavy atom. The van der Waals surface area contributed by atoms with Gasteiger partial charge in [-0.05, 0) is 24.7 Å². The van der Waals surface area contributed by atoms with Gasteiger partial charge in [0.25, 0.3) is 0 Å². The normalized spacial score (nSPS) is 20.2. The highest BCUT2D eigenvalue weighted by molar-refractivity contribution is 5.24. The number of hydrogen-bond donors (Lipinski definition) is 1. The van der Waals surface area contributed by atoms with E-state index in [-0.39, 0.29) is 6.04 Å². The van der Waals surface area contributed by atoms with Crippen molar-refractivity contribution in [3.8, 4) is 0 Å². The van der Waals surface area contributed by atoms with Gasteiger partial charge in [-0.25, -0.2) is 8.78 Å². The van der Waals surface area contributed by atoms with Crippen LogP contribution in [0.2, 0.25) is 0 Å². The molecule has 1 N–H and O–H groups in total. The van der Waals surface area contributed by atoms with Gasteiger partial charge in [-0.2, -0.15) is 0 Å². The van der Waals surface area contributed by atoms with E-state index in [2.05, 4.69) is 5.32 Å². The van der Waals surface area contributed by atoms with Crippen LogP contribution in [0.25, 0.3) is 0 Å². The van der Waals surface area contributed by atoms with Crippen molar-refractivity contribution >= 4 is 0 Å². The molecule has 1 aliphatic heterocycles. The third-order valence-electron chi connectivity index (χ3n) is 3.84. The molecule has 106 valence electrons. The molecule has 2 rings (SSSR count). The highest BCUT2D eigenvalue weighted by Crippen LogP contribution is 2.37. The van der Waals surface area contributed by atoms with Crippen molar-refractivity contribution in [3.05, 3.63) is 35.4 Å². The lowest BCUT2D eigenvalue weighted by molar-refractivity contribution is -0.110. The van der Waals surface area contributed by atoms with Crippen LogP contribution in [0.4, 0.5) is 8.78 Å². The van der Waals surface area contributed by atoms with E-state index < -0.39 is 17.2 Å². The summed E-state index contributed by atoms with van der Waals surface area (Å²) in [6.07, 6.45) is 1.43. The van der Waals surface area contributed by atoms with E-state index in [1.807, 2.05) is 0 Å². The van der Waals surface area contributed by atoms with E-state index in [9.17, 15) is 8.78 Å². The highest BCUT2D eigenvalue weighted by Gasteiger charge is 2.41. The molecular weight excluding hydrogens is 252 g/mol. The first-order valence-electron chi connectivity index (χ1n) is 6.38. The number of nitrogens with one attached hydrogen (secondary N) is 1. The third-order valence-corrected chi connectivity index (χ3v) is 3.84. The highest BCUT2D eigenvalue weighted by atomic mass is 19.2. The number of halogens is 2. The fraction of sp³-hybridized carbons (Fsp3) is 0.571. The van der Waals surface area contributed by atoms with E-state index in [0.717, 1.165) is 6.07 Å². The summed E-state index contributed by atoms with van der Waals surface area (Å²) in [5.74, 6) is -1.67. The van der Waals surface area contributed by atoms with Gasteiger partial charge >= 0.3 is 0 Å². The summed E-state index contributed by atoms with van der Waals surface area (Å²) >= 11 is 0. The number of methoxy groups -OCH3 is 1. The second kappa shape index (κ2) is 5.94. The monoisotopic (exact) mass is 271 g/mol. The molecule has 19 heavy (non-hydrogen) atoms. The minimum atomic E-state index is -0.837. The maximum Gasteiger partial charge on any atom is 0.159 e. The van der Waals surface area contributed by atoms with Crippen molar-refractivity contribution in [2.45, 2.75) is 24.5 Å². The van der Waals surface area contributed by atoms with Gasteiger partial charge in [0.1, 0.15) is 0 Å². The number of ether oxygens (including phenoxy) is 2. The van der Waals surface area contributed by atoms with Crippen LogP contribution in [0.5, 0.6) is 0 Å². The van der Waals surface area contributed by atoms with Gasteiger partial charge < -0.3 is 14.8 Å². The lowest BCUT2D eigenvalue weighted by atomic mass is 9.82. The predicted octanol–water partition coefficient (Wildman–Crippen LogP) is 2.42. The molecular formula is C14H19F2NO2. The van der Waals surface area contributed by atoms with Gasteiger partial charge in [-0.15, -0.1) is 0 Å². The average Bonchev–Trinajstić information content (AvgIpc) is 2.44. The minimum absolute atomic E-state index is 0.198. The molecule has 0 aliphatic carbocycles. The molecule has 1 heterocycles. The molecule has 1 fully saturated rings. The summed E-state index contributed by atoms with van der Waals surface area (Å²) in [7, 11) is 3.44. The zero-order valence-corrected chi connectivity index (χ0v) is 11.2. The Bertz CT molecular complexity index is 433. The topological polar surface area (TPSA) is 30.5 Å². The summed E-state index contributed by atoms with van der Waals surface area (Å²) in [5.41, 5.74) is 0.238. The second-order valence-electron chi connectivity index (χ2n) is 4.78. The SMILES string of the molecule is CNC(c1ccc(F)c(F)c1)C1(OC)CCOCC1. The molecule has 0 spiro atoms. The van der Waals surface area contributed by atoms with Gasteiger partial charge in [0.05, 0.1) is 11.6 Å². The van der Waals surface area contributed by atoms with Crippen LogP contribution < -0.4 is 5.32 Å². The second-order valence-corrected chi connectivity index (χ2v) is 4.78. The van der Waals surface area contributed by atoms with Crippen molar-refractivity contribution in [1.82, 2.24) is 5.32 Å². The molecule has 5 heteroatoms. The van der Waals surface area contributed by atoms with E-state index in [0.29, 0.717) is 31.6 Å². The van der Waals surface area contributed by atoms with Crippen LogP contribution in [0.3, 0.4) is 0 Å². The Morgan fingerprint density at radius 2 is 1.95 bits per heavy atom. The quantitative estimate of drug-likeness (QED) is 0.912. The van der Waals surface area contributed by atoms with Gasteiger partial charge in [0.15, 0.2) is 11.6 Å². The van der Waals surface area contributed by atoms with Gasteiger partial charge in [0, 0.05) is 33.2 Å². The summed E-state index contributed by atoms with van der Waals surface area (Å²) in [5, 5.41) is 3.16. The Hall–Kier alpha value is -1.04. The first kappa shape index (κ1) is 14.4. The van der Waals surface area contributed by atoms with Crippen molar-refractivity contribution < 1.29 is 18.3 Å². The van der Waals surface area contributed by atoms with Crippen LogP contribution >= 0.6 is 0 Å². The summed E-state index contributed by atoms with van der Waals surface area (Å²) < 4.78 is 37.5. The minimum Gasteiger partial charge on any atom is -0.381 e. The van der Waals surface area contributed by atoms with Crippen molar-refractivity contribution in [3.63, 3.8) is 0 Å². The standard InChI is InChI=1S/C14H19F2NO2/c1-17-13(10-3-4-11(15)12(16)9-10)14(18-2)5-7-19-8-6-14/h3-4,9,13,17H,5-8H2,1-2H3. The zero-order valence-electron chi connectivity index (χ0n) is 11.2. The Balaban J connectivity index is 2.33. The lowest BCUT2D eigenvalue weighted by Gasteiger charge is -2.42. The largest absolute Gasteiger partial charge is 0.381 e. The van der Waals surface area contributed by atoms with E-state index in [1.54, 1.807) is 20.2 Å². The van der Waals surface area contributed by atoms with E-state index in [4.69, 9.17) is 9.47 Å².